The molecule has 0 fully saturated rings. The quantitative estimate of drug-likeness (QED) is 0.206. The molecule has 10 nitrogen and oxygen atoms in total. The third-order valence-electron chi connectivity index (χ3n) is 6.84. The molecule has 218 valence electrons. The first-order valence-corrected chi connectivity index (χ1v) is 13.8. The maximum absolute atomic E-state index is 12.9. The minimum Gasteiger partial charge on any atom is -0.392 e. The number of carbonyl (C=O) groups is 5. The Morgan fingerprint density at radius 3 is 2.12 bits per heavy atom. The lowest BCUT2D eigenvalue weighted by atomic mass is 10.0. The monoisotopic (exact) mass is 562 g/mol. The number of nitrogens with one attached hydrogen (secondary N) is 3. The van der Waals surface area contributed by atoms with Crippen LogP contribution >= 0.6 is 0 Å². The molecule has 0 aromatic heterocycles. The maximum Gasteiger partial charge on any atom is 0.253 e. The number of benzene rings is 2. The fraction of sp³-hybridized carbons (Fsp3) is 0.387. The molecule has 0 spiro atoms. The molecule has 0 aliphatic carbocycles. The topological polar surface area (TPSA) is 145 Å². The second-order valence-corrected chi connectivity index (χ2v) is 10.3. The molecule has 41 heavy (non-hydrogen) atoms. The molecular weight excluding hydrogens is 524 g/mol. The maximum atomic E-state index is 12.9. The van der Waals surface area contributed by atoms with Crippen molar-refractivity contribution in [2.45, 2.75) is 71.6 Å². The zero-order valence-electron chi connectivity index (χ0n) is 23.7. The molecule has 0 radical (unpaired) electrons. The second-order valence-electron chi connectivity index (χ2n) is 10.3. The third kappa shape index (κ3) is 9.39. The first-order valence-electron chi connectivity index (χ1n) is 13.8. The van der Waals surface area contributed by atoms with Crippen LogP contribution in [0.1, 0.15) is 61.8 Å². The van der Waals surface area contributed by atoms with Crippen LogP contribution in [-0.2, 0) is 37.0 Å². The lowest BCUT2D eigenvalue weighted by Crippen LogP contribution is -2.50. The van der Waals surface area contributed by atoms with Crippen molar-refractivity contribution >= 4 is 35.2 Å². The van der Waals surface area contributed by atoms with E-state index >= 15 is 0 Å². The van der Waals surface area contributed by atoms with E-state index in [-0.39, 0.29) is 30.7 Å². The summed E-state index contributed by atoms with van der Waals surface area (Å²) in [4.78, 5) is 62.0. The number of anilines is 1. The number of hydrogen-bond acceptors (Lipinski definition) is 6. The summed E-state index contributed by atoms with van der Waals surface area (Å²) in [5.74, 6) is -1.91. The minimum atomic E-state index is -0.889. The van der Waals surface area contributed by atoms with Gasteiger partial charge in [-0.25, -0.2) is 0 Å². The molecule has 2 aromatic rings. The van der Waals surface area contributed by atoms with Crippen LogP contribution in [0.15, 0.2) is 54.6 Å². The molecule has 0 saturated carbocycles. The smallest absolute Gasteiger partial charge is 0.253 e. The zero-order chi connectivity index (χ0) is 29.9. The number of imide groups is 1. The Labute approximate surface area is 240 Å². The first-order chi connectivity index (χ1) is 19.6. The average Bonchev–Trinajstić information content (AvgIpc) is 3.26. The summed E-state index contributed by atoms with van der Waals surface area (Å²) in [5.41, 5.74) is 4.28. The fourth-order valence-electron chi connectivity index (χ4n) is 4.34. The summed E-state index contributed by atoms with van der Waals surface area (Å²) in [6.07, 6.45) is 5.10. The van der Waals surface area contributed by atoms with Gasteiger partial charge in [0.25, 0.3) is 11.8 Å². The molecule has 2 aromatic carbocycles. The van der Waals surface area contributed by atoms with E-state index in [0.29, 0.717) is 43.5 Å². The molecule has 0 bridgehead atoms. The van der Waals surface area contributed by atoms with Crippen molar-refractivity contribution < 1.29 is 29.1 Å². The molecule has 0 saturated heterocycles. The van der Waals surface area contributed by atoms with Gasteiger partial charge in [-0.15, -0.1) is 0 Å². The Morgan fingerprint density at radius 1 is 0.829 bits per heavy atom. The number of carbonyl (C=O) groups excluding carboxylic acids is 5. The summed E-state index contributed by atoms with van der Waals surface area (Å²) < 4.78 is 0. The normalized spacial score (nSPS) is 14.1. The highest BCUT2D eigenvalue weighted by Crippen LogP contribution is 2.21. The predicted octanol–water partition coefficient (Wildman–Crippen LogP) is 2.51. The highest BCUT2D eigenvalue weighted by Gasteiger charge is 2.23. The average molecular weight is 563 g/mol. The Hall–Kier alpha value is -4.31. The van der Waals surface area contributed by atoms with E-state index in [1.165, 1.54) is 24.6 Å². The van der Waals surface area contributed by atoms with Crippen molar-refractivity contribution in [1.29, 1.82) is 0 Å². The van der Waals surface area contributed by atoms with Crippen molar-refractivity contribution in [2.75, 3.05) is 11.9 Å². The van der Waals surface area contributed by atoms with E-state index in [4.69, 9.17) is 0 Å². The molecular formula is C31H38N4O6. The van der Waals surface area contributed by atoms with Gasteiger partial charge in [0.1, 0.15) is 12.1 Å². The SMILES string of the molecule is Cc1ccc(Cc2ccc(CO)c(NC(=O)[C@H](C)NC(=O)[C@H](C)NC(=O)CCCCCN3C(=O)C=CC3=O)c2)cc1. The number of amides is 5. The molecule has 1 aliphatic rings. The van der Waals surface area contributed by atoms with E-state index in [0.717, 1.165) is 16.0 Å². The van der Waals surface area contributed by atoms with Crippen LogP contribution in [0.2, 0.25) is 0 Å². The van der Waals surface area contributed by atoms with Gasteiger partial charge in [0.15, 0.2) is 0 Å². The summed E-state index contributed by atoms with van der Waals surface area (Å²) in [6, 6.07) is 11.9. The van der Waals surface area contributed by atoms with Gasteiger partial charge in [-0.1, -0.05) is 48.4 Å². The standard InChI is InChI=1S/C31H38N4O6/c1-20-8-10-23(11-9-20)17-24-12-13-25(19-36)26(18-24)34-31(41)22(3)33-30(40)21(2)32-27(37)7-5-4-6-16-35-28(38)14-15-29(35)39/h8-15,18,21-22,36H,4-7,16-17,19H2,1-3H3,(H,32,37)(H,33,40)(H,34,41)/t21-,22-/m0/s1. The molecule has 10 heteroatoms. The lowest BCUT2D eigenvalue weighted by molar-refractivity contribution is -0.137. The van der Waals surface area contributed by atoms with Gasteiger partial charge < -0.3 is 21.1 Å². The van der Waals surface area contributed by atoms with Gasteiger partial charge in [-0.2, -0.15) is 0 Å². The van der Waals surface area contributed by atoms with Gasteiger partial charge in [0.2, 0.25) is 17.7 Å². The molecule has 1 heterocycles. The van der Waals surface area contributed by atoms with Crippen LogP contribution in [0, 0.1) is 6.92 Å². The Morgan fingerprint density at radius 2 is 1.46 bits per heavy atom. The molecule has 5 amide bonds. The van der Waals surface area contributed by atoms with Gasteiger partial charge in [-0.3, -0.25) is 28.9 Å². The summed E-state index contributed by atoms with van der Waals surface area (Å²) in [6.45, 7) is 5.16. The molecule has 2 atom stereocenters. The van der Waals surface area contributed by atoms with Crippen LogP contribution in [0.25, 0.3) is 0 Å². The number of rotatable bonds is 14. The summed E-state index contributed by atoms with van der Waals surface area (Å²) in [7, 11) is 0. The Bertz CT molecular complexity index is 1290. The van der Waals surface area contributed by atoms with Crippen LogP contribution in [0.5, 0.6) is 0 Å². The van der Waals surface area contributed by atoms with Crippen molar-refractivity contribution in [3.05, 3.63) is 76.9 Å². The van der Waals surface area contributed by atoms with Crippen molar-refractivity contribution in [1.82, 2.24) is 15.5 Å². The van der Waals surface area contributed by atoms with Crippen LogP contribution < -0.4 is 16.0 Å². The van der Waals surface area contributed by atoms with Crippen molar-refractivity contribution in [3.8, 4) is 0 Å². The van der Waals surface area contributed by atoms with Crippen LogP contribution in [-0.4, -0.2) is 58.2 Å². The largest absolute Gasteiger partial charge is 0.392 e. The van der Waals surface area contributed by atoms with E-state index in [2.05, 4.69) is 16.0 Å². The van der Waals surface area contributed by atoms with Gasteiger partial charge in [0.05, 0.1) is 6.61 Å². The Balaban J connectivity index is 1.43. The number of aryl methyl sites for hydroxylation is 1. The lowest BCUT2D eigenvalue weighted by Gasteiger charge is -2.19. The number of nitrogens with zero attached hydrogens (tertiary/aromatic N) is 1. The highest BCUT2D eigenvalue weighted by atomic mass is 16.3. The van der Waals surface area contributed by atoms with E-state index < -0.39 is 23.9 Å². The zero-order valence-corrected chi connectivity index (χ0v) is 23.7. The first kappa shape index (κ1) is 31.2. The minimum absolute atomic E-state index is 0.191. The van der Waals surface area contributed by atoms with Crippen molar-refractivity contribution in [2.24, 2.45) is 0 Å². The fourth-order valence-corrected chi connectivity index (χ4v) is 4.34. The van der Waals surface area contributed by atoms with Gasteiger partial charge in [-0.05, 0) is 57.2 Å². The molecule has 1 aliphatic heterocycles. The molecule has 4 N–H and O–H groups in total. The number of aliphatic hydroxyl groups is 1. The van der Waals surface area contributed by atoms with Crippen LogP contribution in [0.3, 0.4) is 0 Å². The van der Waals surface area contributed by atoms with E-state index in [1.54, 1.807) is 13.0 Å². The molecule has 3 rings (SSSR count). The predicted molar refractivity (Wildman–Crippen MR) is 155 cm³/mol. The number of hydrogen-bond donors (Lipinski definition) is 4. The highest BCUT2D eigenvalue weighted by molar-refractivity contribution is 6.12. The summed E-state index contributed by atoms with van der Waals surface area (Å²) in [5, 5.41) is 17.8. The second kappa shape index (κ2) is 14.9. The molecule has 0 unspecified atom stereocenters. The third-order valence-corrected chi connectivity index (χ3v) is 6.84. The van der Waals surface area contributed by atoms with Gasteiger partial charge >= 0.3 is 0 Å². The van der Waals surface area contributed by atoms with Crippen LogP contribution in [0.4, 0.5) is 5.69 Å². The van der Waals surface area contributed by atoms with Gasteiger partial charge in [0, 0.05) is 36.4 Å². The van der Waals surface area contributed by atoms with Crippen molar-refractivity contribution in [3.63, 3.8) is 0 Å². The number of aliphatic hydroxyl groups excluding tert-OH is 1. The Kier molecular flexibility index (Phi) is 11.3. The summed E-state index contributed by atoms with van der Waals surface area (Å²) >= 11 is 0. The number of unbranched alkanes of at least 4 members (excludes halogenated alkanes) is 2. The van der Waals surface area contributed by atoms with E-state index in [9.17, 15) is 29.1 Å². The van der Waals surface area contributed by atoms with E-state index in [1.807, 2.05) is 43.3 Å².